The van der Waals surface area contributed by atoms with Gasteiger partial charge in [0.2, 0.25) is 13.4 Å². The van der Waals surface area contributed by atoms with E-state index in [4.69, 9.17) is 0 Å². The van der Waals surface area contributed by atoms with Gasteiger partial charge in [0.1, 0.15) is 0 Å². The highest BCUT2D eigenvalue weighted by Crippen LogP contribution is 2.51. The minimum Gasteiger partial charge on any atom is -0.310 e. The van der Waals surface area contributed by atoms with E-state index < -0.39 is 0 Å². The summed E-state index contributed by atoms with van der Waals surface area (Å²) < 4.78 is 0. The molecule has 0 unspecified atom stereocenters. The van der Waals surface area contributed by atoms with Crippen LogP contribution in [0.2, 0.25) is 0 Å². The Morgan fingerprint density at radius 1 is 0.213 bits per heavy atom. The Bertz CT molecular complexity index is 4080. The van der Waals surface area contributed by atoms with Crippen molar-refractivity contribution < 1.29 is 0 Å². The van der Waals surface area contributed by atoms with E-state index in [1.807, 2.05) is 47.0 Å². The van der Waals surface area contributed by atoms with E-state index in [0.29, 0.717) is 0 Å². The van der Waals surface area contributed by atoms with Crippen molar-refractivity contribution >= 4 is 127 Å². The lowest BCUT2D eigenvalue weighted by Crippen LogP contribution is -2.64. The Balaban J connectivity index is 1.07. The third kappa shape index (κ3) is 12.2. The van der Waals surface area contributed by atoms with Crippen LogP contribution in [0.4, 0.5) is 34.1 Å². The molecule has 0 saturated carbocycles. The van der Waals surface area contributed by atoms with Crippen LogP contribution >= 0.6 is 47.0 Å². The molecule has 0 spiro atoms. The van der Waals surface area contributed by atoms with Crippen LogP contribution in [0, 0.1) is 0 Å². The lowest BCUT2D eigenvalue weighted by molar-refractivity contribution is 0.568. The molecule has 0 atom stereocenters. The number of hydrogen-bond donors (Lipinski definition) is 0. The molecule has 0 aliphatic carbocycles. The largest absolute Gasteiger partial charge is 0.310 e. The van der Waals surface area contributed by atoms with Crippen molar-refractivity contribution in [2.45, 2.75) is 249 Å². The number of anilines is 6. The second kappa shape index (κ2) is 22.9. The minimum absolute atomic E-state index is 0.0182. The van der Waals surface area contributed by atoms with Gasteiger partial charge < -0.3 is 9.80 Å². The minimum atomic E-state index is -0.123. The average molecular weight is 1310 g/mol. The Hall–Kier alpha value is -5.89. The van der Waals surface area contributed by atoms with Crippen LogP contribution in [0.25, 0.3) is 0 Å². The zero-order valence-electron chi connectivity index (χ0n) is 60.7. The molecule has 0 amide bonds. The van der Waals surface area contributed by atoms with Gasteiger partial charge in [0.25, 0.3) is 0 Å². The lowest BCUT2D eigenvalue weighted by Gasteiger charge is -2.41. The van der Waals surface area contributed by atoms with Gasteiger partial charge in [-0.15, -0.1) is 0 Å². The third-order valence-electron chi connectivity index (χ3n) is 20.1. The summed E-state index contributed by atoms with van der Waals surface area (Å²) >= 11 is 8.01. The molecule has 8 heteroatoms. The lowest BCUT2D eigenvalue weighted by atomic mass is 9.32. The number of benzene rings is 9. The van der Waals surface area contributed by atoms with Crippen molar-refractivity contribution in [1.82, 2.24) is 0 Å². The van der Waals surface area contributed by atoms with Crippen molar-refractivity contribution in [3.8, 4) is 0 Å². The Morgan fingerprint density at radius 2 is 0.447 bits per heavy atom. The first-order chi connectivity index (χ1) is 43.6. The summed E-state index contributed by atoms with van der Waals surface area (Å²) in [5, 5.41) is 0. The normalized spacial score (nSPS) is 14.6. The van der Waals surface area contributed by atoms with Gasteiger partial charge in [-0.05, 0) is 190 Å². The SMILES string of the molecule is CC(C)(C)c1ccc(N(c2ccc(C(C)(C)C)cc2)c2cc3c4c(c2)Sc2cc(C(C)(C)C)cc(C(C)(C)C)c2B4c2cc4c(cc2S3)Sc2cc(N(c3ccc(C(C)(C)C)cc3)c3ccc(C(C)(C)C)cc3)cc3c2B4c2c(cc(C(C)(C)C)cc2C(C)(C)C)S3)cc1. The molecule has 13 rings (SSSR count). The molecule has 0 radical (unpaired) electrons. The van der Waals surface area contributed by atoms with E-state index >= 15 is 0 Å². The molecule has 0 fully saturated rings. The molecule has 0 N–H and O–H groups in total. The Labute approximate surface area is 583 Å². The summed E-state index contributed by atoms with van der Waals surface area (Å²) in [5.74, 6) is 0. The van der Waals surface area contributed by atoms with E-state index in [1.54, 1.807) is 0 Å². The molecule has 0 aromatic heterocycles. The maximum Gasteiger partial charge on any atom is 0.247 e. The van der Waals surface area contributed by atoms with Gasteiger partial charge in [0.05, 0.1) is 0 Å². The molecule has 4 aliphatic heterocycles. The van der Waals surface area contributed by atoms with E-state index in [9.17, 15) is 0 Å². The maximum atomic E-state index is 2.74. The molecule has 9 aromatic carbocycles. The van der Waals surface area contributed by atoms with Gasteiger partial charge in [-0.1, -0.05) is 302 Å². The highest BCUT2D eigenvalue weighted by molar-refractivity contribution is 8.02. The summed E-state index contributed by atoms with van der Waals surface area (Å²) in [6.07, 6.45) is 0. The van der Waals surface area contributed by atoms with Gasteiger partial charge in [-0.3, -0.25) is 0 Å². The zero-order valence-corrected chi connectivity index (χ0v) is 64.0. The van der Waals surface area contributed by atoms with Gasteiger partial charge in [-0.25, -0.2) is 0 Å². The first kappa shape index (κ1) is 66.7. The van der Waals surface area contributed by atoms with E-state index in [2.05, 4.69) is 334 Å². The standard InChI is InChI=1S/C86H98B2N2S4/c1-79(2,3)51-25-33-57(34-26-51)89(58-35-27-52(28-36-58)80(4,5)6)61-45-71-77-73(47-61)93-69-43-55(83(13,14)15)41-63(85(19,20)21)75(69)87(77)65-49-66-68(50-67(65)91-71)92-72-46-62(48-74-78(72)88(66)76-64(86(22,23)24)42-56(84(16,17)18)44-70(76)94-74)90(59-37-29-53(30-38-59)81(7,8)9)60-39-31-54(32-40-60)82(10,11)12/h25-50H,1-24H3. The summed E-state index contributed by atoms with van der Waals surface area (Å²) in [4.78, 5) is 15.9. The average Bonchev–Trinajstić information content (AvgIpc) is 0.679. The fourth-order valence-corrected chi connectivity index (χ4v) is 19.6. The van der Waals surface area contributed by atoms with Gasteiger partial charge in [0, 0.05) is 73.3 Å². The van der Waals surface area contributed by atoms with Gasteiger partial charge >= 0.3 is 0 Å². The number of rotatable bonds is 6. The molecule has 0 saturated heterocycles. The Morgan fingerprint density at radius 3 is 0.681 bits per heavy atom. The van der Waals surface area contributed by atoms with Crippen LogP contribution < -0.4 is 42.6 Å². The molecular formula is C86H98B2N2S4. The van der Waals surface area contributed by atoms with Crippen LogP contribution in [0.3, 0.4) is 0 Å². The molecule has 94 heavy (non-hydrogen) atoms. The van der Waals surface area contributed by atoms with Crippen LogP contribution in [0.15, 0.2) is 197 Å². The maximum absolute atomic E-state index is 2.74. The summed E-state index contributed by atoms with van der Waals surface area (Å²) in [6, 6.07) is 63.5. The monoisotopic (exact) mass is 1310 g/mol. The van der Waals surface area contributed by atoms with E-state index in [-0.39, 0.29) is 56.7 Å². The molecule has 9 aromatic rings. The van der Waals surface area contributed by atoms with Crippen molar-refractivity contribution in [2.75, 3.05) is 9.80 Å². The topological polar surface area (TPSA) is 6.48 Å². The fourth-order valence-electron chi connectivity index (χ4n) is 14.4. The van der Waals surface area contributed by atoms with Gasteiger partial charge in [-0.2, -0.15) is 0 Å². The second-order valence-electron chi connectivity index (χ2n) is 35.6. The molecule has 4 aliphatic rings. The molecule has 482 valence electrons. The first-order valence-electron chi connectivity index (χ1n) is 34.3. The molecule has 0 bridgehead atoms. The van der Waals surface area contributed by atoms with Crippen molar-refractivity contribution in [2.24, 2.45) is 0 Å². The highest BCUT2D eigenvalue weighted by atomic mass is 32.2. The van der Waals surface area contributed by atoms with E-state index in [0.717, 1.165) is 22.7 Å². The predicted octanol–water partition coefficient (Wildman–Crippen LogP) is 21.9. The zero-order chi connectivity index (χ0) is 67.7. The van der Waals surface area contributed by atoms with Crippen LogP contribution in [0.1, 0.15) is 211 Å². The number of nitrogens with zero attached hydrogens (tertiary/aromatic N) is 2. The second-order valence-corrected chi connectivity index (χ2v) is 40.0. The van der Waals surface area contributed by atoms with Crippen LogP contribution in [0.5, 0.6) is 0 Å². The summed E-state index contributed by atoms with van der Waals surface area (Å²) in [6.45, 7) is 56.8. The van der Waals surface area contributed by atoms with Crippen molar-refractivity contribution in [1.29, 1.82) is 0 Å². The first-order valence-corrected chi connectivity index (χ1v) is 37.5. The van der Waals surface area contributed by atoms with Crippen molar-refractivity contribution in [3.63, 3.8) is 0 Å². The quantitative estimate of drug-likeness (QED) is 0.152. The summed E-state index contributed by atoms with van der Waals surface area (Å²) in [5.41, 5.74) is 26.5. The van der Waals surface area contributed by atoms with Crippen LogP contribution in [-0.2, 0) is 43.3 Å². The third-order valence-corrected chi connectivity index (χ3v) is 24.6. The molecule has 2 nitrogen and oxygen atoms in total. The van der Waals surface area contributed by atoms with Crippen LogP contribution in [-0.4, -0.2) is 13.4 Å². The molecular weight excluding hydrogens is 1210 g/mol. The smallest absolute Gasteiger partial charge is 0.247 e. The molecule has 4 heterocycles. The summed E-state index contributed by atoms with van der Waals surface area (Å²) in [7, 11) is 0. The number of fused-ring (bicyclic) bond motifs is 8. The van der Waals surface area contributed by atoms with Crippen molar-refractivity contribution in [3.05, 3.63) is 202 Å². The van der Waals surface area contributed by atoms with Gasteiger partial charge in [0.15, 0.2) is 0 Å². The predicted molar refractivity (Wildman–Crippen MR) is 417 cm³/mol. The van der Waals surface area contributed by atoms with E-state index in [1.165, 1.54) is 128 Å². The fraction of sp³-hybridized carbons (Fsp3) is 0.372. The highest BCUT2D eigenvalue weighted by Gasteiger charge is 2.47. The Kier molecular flexibility index (Phi) is 16.2. The number of hydrogen-bond acceptors (Lipinski definition) is 6.